The number of rotatable bonds is 8. The summed E-state index contributed by atoms with van der Waals surface area (Å²) in [7, 11) is 0. The lowest BCUT2D eigenvalue weighted by Crippen LogP contribution is -2.17. The van der Waals surface area contributed by atoms with Gasteiger partial charge in [-0.15, -0.1) is 0 Å². The van der Waals surface area contributed by atoms with Gasteiger partial charge in [-0.1, -0.05) is 44.2 Å². The molecule has 1 aliphatic carbocycles. The van der Waals surface area contributed by atoms with E-state index in [0.717, 1.165) is 37.8 Å². The topological polar surface area (TPSA) is 21.3 Å². The summed E-state index contributed by atoms with van der Waals surface area (Å²) in [6, 6.07) is 12.9. The zero-order valence-corrected chi connectivity index (χ0v) is 13.8. The van der Waals surface area contributed by atoms with Crippen LogP contribution in [0.4, 0.5) is 0 Å². The van der Waals surface area contributed by atoms with Crippen molar-refractivity contribution in [1.82, 2.24) is 5.32 Å². The van der Waals surface area contributed by atoms with E-state index >= 15 is 0 Å². The van der Waals surface area contributed by atoms with Gasteiger partial charge in [0.25, 0.3) is 0 Å². The van der Waals surface area contributed by atoms with Gasteiger partial charge in [-0.25, -0.2) is 0 Å². The second-order valence-electron chi connectivity index (χ2n) is 6.87. The van der Waals surface area contributed by atoms with Crippen molar-refractivity contribution in [1.29, 1.82) is 0 Å². The predicted octanol–water partition coefficient (Wildman–Crippen LogP) is 4.76. The monoisotopic (exact) mass is 297 g/mol. The van der Waals surface area contributed by atoms with Gasteiger partial charge in [-0.2, -0.15) is 0 Å². The summed E-state index contributed by atoms with van der Waals surface area (Å²) in [6.45, 7) is 7.30. The predicted molar refractivity (Wildman–Crippen MR) is 93.3 cm³/mol. The van der Waals surface area contributed by atoms with Crippen molar-refractivity contribution in [3.05, 3.63) is 42.0 Å². The molecule has 0 aromatic heterocycles. The van der Waals surface area contributed by atoms with Crippen LogP contribution in [0.2, 0.25) is 0 Å². The molecular formula is C20H27NO. The Bertz CT molecular complexity index is 616. The van der Waals surface area contributed by atoms with Crippen LogP contribution in [0, 0.1) is 11.8 Å². The van der Waals surface area contributed by atoms with Crippen LogP contribution in [0.3, 0.4) is 0 Å². The SMILES string of the molecule is CC(C)CCOc1ccc2ccccc2c1CNCC1CC1. The average Bonchev–Trinajstić information content (AvgIpc) is 3.32. The molecule has 0 spiro atoms. The van der Waals surface area contributed by atoms with Crippen molar-refractivity contribution in [2.75, 3.05) is 13.2 Å². The Labute approximate surface area is 133 Å². The van der Waals surface area contributed by atoms with Crippen molar-refractivity contribution >= 4 is 10.8 Å². The second kappa shape index (κ2) is 7.15. The van der Waals surface area contributed by atoms with Crippen molar-refractivity contribution in [3.8, 4) is 5.75 Å². The minimum absolute atomic E-state index is 0.678. The van der Waals surface area contributed by atoms with Gasteiger partial charge < -0.3 is 10.1 Å². The minimum Gasteiger partial charge on any atom is -0.493 e. The van der Waals surface area contributed by atoms with Crippen LogP contribution in [-0.2, 0) is 6.54 Å². The highest BCUT2D eigenvalue weighted by Crippen LogP contribution is 2.30. The summed E-state index contributed by atoms with van der Waals surface area (Å²) in [5.41, 5.74) is 1.31. The maximum Gasteiger partial charge on any atom is 0.124 e. The number of fused-ring (bicyclic) bond motifs is 1. The highest BCUT2D eigenvalue weighted by molar-refractivity contribution is 5.87. The molecule has 2 heteroatoms. The fourth-order valence-electron chi connectivity index (χ4n) is 2.76. The first kappa shape index (κ1) is 15.4. The van der Waals surface area contributed by atoms with Gasteiger partial charge in [0.1, 0.15) is 5.75 Å². The lowest BCUT2D eigenvalue weighted by atomic mass is 10.0. The molecule has 0 atom stereocenters. The van der Waals surface area contributed by atoms with Crippen molar-refractivity contribution < 1.29 is 4.74 Å². The largest absolute Gasteiger partial charge is 0.493 e. The normalized spacial score (nSPS) is 14.7. The minimum atomic E-state index is 0.678. The molecule has 1 aliphatic rings. The van der Waals surface area contributed by atoms with Gasteiger partial charge in [0.15, 0.2) is 0 Å². The number of hydrogen-bond acceptors (Lipinski definition) is 2. The van der Waals surface area contributed by atoms with E-state index < -0.39 is 0 Å². The summed E-state index contributed by atoms with van der Waals surface area (Å²) in [5.74, 6) is 2.62. The molecule has 2 aromatic rings. The van der Waals surface area contributed by atoms with Crippen LogP contribution in [0.5, 0.6) is 5.75 Å². The maximum atomic E-state index is 6.09. The molecule has 2 nitrogen and oxygen atoms in total. The lowest BCUT2D eigenvalue weighted by Gasteiger charge is -2.16. The lowest BCUT2D eigenvalue weighted by molar-refractivity contribution is 0.286. The average molecular weight is 297 g/mol. The van der Waals surface area contributed by atoms with Crippen molar-refractivity contribution in [2.24, 2.45) is 11.8 Å². The third kappa shape index (κ3) is 4.01. The quantitative estimate of drug-likeness (QED) is 0.758. The van der Waals surface area contributed by atoms with Crippen LogP contribution in [0.1, 0.15) is 38.7 Å². The first-order valence-corrected chi connectivity index (χ1v) is 8.58. The van der Waals surface area contributed by atoms with Crippen molar-refractivity contribution in [3.63, 3.8) is 0 Å². The van der Waals surface area contributed by atoms with E-state index in [9.17, 15) is 0 Å². The second-order valence-corrected chi connectivity index (χ2v) is 6.87. The highest BCUT2D eigenvalue weighted by atomic mass is 16.5. The molecule has 2 aromatic carbocycles. The van der Waals surface area contributed by atoms with Gasteiger partial charge in [-0.05, 0) is 54.5 Å². The molecule has 0 saturated heterocycles. The highest BCUT2D eigenvalue weighted by Gasteiger charge is 2.20. The van der Waals surface area contributed by atoms with Gasteiger partial charge in [0, 0.05) is 12.1 Å². The standard InChI is InChI=1S/C20H27NO/c1-15(2)11-12-22-20-10-9-17-5-3-4-6-18(17)19(20)14-21-13-16-7-8-16/h3-6,9-10,15-16,21H,7-8,11-14H2,1-2H3. The summed E-state index contributed by atoms with van der Waals surface area (Å²) in [6.07, 6.45) is 3.88. The van der Waals surface area contributed by atoms with E-state index in [1.54, 1.807) is 0 Å². The molecule has 118 valence electrons. The molecular weight excluding hydrogens is 270 g/mol. The Morgan fingerprint density at radius 1 is 1.14 bits per heavy atom. The van der Waals surface area contributed by atoms with Crippen LogP contribution in [0.15, 0.2) is 36.4 Å². The number of hydrogen-bond donors (Lipinski definition) is 1. The molecule has 3 rings (SSSR count). The third-order valence-corrected chi connectivity index (χ3v) is 4.38. The van der Waals surface area contributed by atoms with E-state index in [1.807, 2.05) is 0 Å². The fourth-order valence-corrected chi connectivity index (χ4v) is 2.76. The smallest absolute Gasteiger partial charge is 0.124 e. The van der Waals surface area contributed by atoms with Crippen molar-refractivity contribution in [2.45, 2.75) is 39.7 Å². The van der Waals surface area contributed by atoms with E-state index in [4.69, 9.17) is 4.74 Å². The molecule has 1 saturated carbocycles. The van der Waals surface area contributed by atoms with Gasteiger partial charge in [0.2, 0.25) is 0 Å². The van der Waals surface area contributed by atoms with Gasteiger partial charge >= 0.3 is 0 Å². The Morgan fingerprint density at radius 3 is 2.73 bits per heavy atom. The van der Waals surface area contributed by atoms with E-state index in [2.05, 4.69) is 55.6 Å². The van der Waals surface area contributed by atoms with Crippen LogP contribution >= 0.6 is 0 Å². The maximum absolute atomic E-state index is 6.09. The summed E-state index contributed by atoms with van der Waals surface area (Å²) >= 11 is 0. The summed E-state index contributed by atoms with van der Waals surface area (Å²) in [5, 5.41) is 6.22. The molecule has 0 bridgehead atoms. The number of benzene rings is 2. The fraction of sp³-hybridized carbons (Fsp3) is 0.500. The molecule has 22 heavy (non-hydrogen) atoms. The van der Waals surface area contributed by atoms with Crippen LogP contribution in [-0.4, -0.2) is 13.2 Å². The zero-order chi connectivity index (χ0) is 15.4. The van der Waals surface area contributed by atoms with E-state index in [1.165, 1.54) is 29.2 Å². The van der Waals surface area contributed by atoms with Crippen LogP contribution < -0.4 is 10.1 Å². The Morgan fingerprint density at radius 2 is 1.95 bits per heavy atom. The van der Waals surface area contributed by atoms with Gasteiger partial charge in [-0.3, -0.25) is 0 Å². The van der Waals surface area contributed by atoms with E-state index in [0.29, 0.717) is 5.92 Å². The number of nitrogens with one attached hydrogen (secondary N) is 1. The molecule has 1 fully saturated rings. The Kier molecular flexibility index (Phi) is 4.99. The molecule has 0 amide bonds. The first-order chi connectivity index (χ1) is 10.7. The van der Waals surface area contributed by atoms with E-state index in [-0.39, 0.29) is 0 Å². The molecule has 0 heterocycles. The van der Waals surface area contributed by atoms with Crippen LogP contribution in [0.25, 0.3) is 10.8 Å². The summed E-state index contributed by atoms with van der Waals surface area (Å²) in [4.78, 5) is 0. The Balaban J connectivity index is 1.77. The Hall–Kier alpha value is -1.54. The summed E-state index contributed by atoms with van der Waals surface area (Å²) < 4.78 is 6.09. The third-order valence-electron chi connectivity index (χ3n) is 4.38. The molecule has 0 unspecified atom stereocenters. The van der Waals surface area contributed by atoms with Gasteiger partial charge in [0.05, 0.1) is 6.61 Å². The molecule has 0 aliphatic heterocycles. The molecule has 1 N–H and O–H groups in total. The zero-order valence-electron chi connectivity index (χ0n) is 13.8. The number of ether oxygens (including phenoxy) is 1. The first-order valence-electron chi connectivity index (χ1n) is 8.58. The molecule has 0 radical (unpaired) electrons.